The van der Waals surface area contributed by atoms with Gasteiger partial charge in [0.1, 0.15) is 5.60 Å². The van der Waals surface area contributed by atoms with Crippen LogP contribution < -0.4 is 10.6 Å². The summed E-state index contributed by atoms with van der Waals surface area (Å²) >= 11 is 0. The van der Waals surface area contributed by atoms with Gasteiger partial charge >= 0.3 is 6.09 Å². The van der Waals surface area contributed by atoms with E-state index in [1.165, 1.54) is 12.1 Å². The van der Waals surface area contributed by atoms with Gasteiger partial charge in [0.2, 0.25) is 0 Å². The third-order valence-corrected chi connectivity index (χ3v) is 2.85. The monoisotopic (exact) mass is 309 g/mol. The average Bonchev–Trinajstić information content (AvgIpc) is 2.41. The number of non-ortho nitro benzene ring substituents is 1. The van der Waals surface area contributed by atoms with Crippen molar-refractivity contribution in [3.63, 3.8) is 0 Å². The fraction of sp³-hybridized carbons (Fsp3) is 0.533. The van der Waals surface area contributed by atoms with Crippen molar-refractivity contribution in [2.45, 2.75) is 39.3 Å². The minimum Gasteiger partial charge on any atom is -0.444 e. The first-order valence-corrected chi connectivity index (χ1v) is 7.13. The van der Waals surface area contributed by atoms with Crippen LogP contribution in [0.4, 0.5) is 10.5 Å². The van der Waals surface area contributed by atoms with E-state index in [9.17, 15) is 14.9 Å². The number of nitro groups is 1. The molecule has 122 valence electrons. The Labute approximate surface area is 130 Å². The number of nitro benzene ring substituents is 1. The van der Waals surface area contributed by atoms with E-state index in [0.717, 1.165) is 5.56 Å². The molecule has 0 radical (unpaired) electrons. The fourth-order valence-corrected chi connectivity index (χ4v) is 1.77. The minimum atomic E-state index is -0.510. The van der Waals surface area contributed by atoms with Gasteiger partial charge in [-0.2, -0.15) is 0 Å². The first-order valence-electron chi connectivity index (χ1n) is 7.13. The van der Waals surface area contributed by atoms with Gasteiger partial charge in [-0.3, -0.25) is 10.1 Å². The van der Waals surface area contributed by atoms with Gasteiger partial charge in [-0.05, 0) is 33.3 Å². The standard InChI is InChI=1S/C15H23N3O4/c1-11(12-5-7-13(8-6-12)18(20)21)16-9-10-17-14(19)22-15(2,3)4/h5-8,11,16H,9-10H2,1-4H3,(H,17,19). The van der Waals surface area contributed by atoms with Crippen molar-refractivity contribution < 1.29 is 14.5 Å². The van der Waals surface area contributed by atoms with Crippen LogP contribution in [0.15, 0.2) is 24.3 Å². The maximum absolute atomic E-state index is 11.4. The lowest BCUT2D eigenvalue weighted by atomic mass is 10.1. The van der Waals surface area contributed by atoms with E-state index in [1.54, 1.807) is 12.1 Å². The van der Waals surface area contributed by atoms with Crippen LogP contribution in [0, 0.1) is 10.1 Å². The van der Waals surface area contributed by atoms with Crippen molar-refractivity contribution in [2.75, 3.05) is 13.1 Å². The number of carbonyl (C=O) groups excluding carboxylic acids is 1. The second-order valence-electron chi connectivity index (χ2n) is 5.95. The summed E-state index contributed by atoms with van der Waals surface area (Å²) in [5, 5.41) is 16.5. The molecule has 0 spiro atoms. The van der Waals surface area contributed by atoms with Crippen LogP contribution >= 0.6 is 0 Å². The largest absolute Gasteiger partial charge is 0.444 e. The van der Waals surface area contributed by atoms with Crippen molar-refractivity contribution >= 4 is 11.8 Å². The van der Waals surface area contributed by atoms with Gasteiger partial charge in [-0.15, -0.1) is 0 Å². The first kappa shape index (κ1) is 17.9. The second-order valence-corrected chi connectivity index (χ2v) is 5.95. The zero-order valence-electron chi connectivity index (χ0n) is 13.4. The van der Waals surface area contributed by atoms with Crippen LogP contribution in [0.2, 0.25) is 0 Å². The number of ether oxygens (including phenoxy) is 1. The molecule has 22 heavy (non-hydrogen) atoms. The summed E-state index contributed by atoms with van der Waals surface area (Å²) in [5.41, 5.74) is 0.509. The molecule has 1 aromatic rings. The lowest BCUT2D eigenvalue weighted by Gasteiger charge is -2.20. The molecule has 1 amide bonds. The van der Waals surface area contributed by atoms with E-state index >= 15 is 0 Å². The smallest absolute Gasteiger partial charge is 0.407 e. The Balaban J connectivity index is 2.33. The van der Waals surface area contributed by atoms with E-state index in [2.05, 4.69) is 10.6 Å². The van der Waals surface area contributed by atoms with Gasteiger partial charge < -0.3 is 15.4 Å². The third kappa shape index (κ3) is 6.53. The van der Waals surface area contributed by atoms with Gasteiger partial charge in [0.25, 0.3) is 5.69 Å². The van der Waals surface area contributed by atoms with Crippen LogP contribution in [-0.4, -0.2) is 29.7 Å². The molecule has 0 aliphatic heterocycles. The van der Waals surface area contributed by atoms with Gasteiger partial charge in [0, 0.05) is 31.3 Å². The first-order chi connectivity index (χ1) is 10.2. The molecule has 0 fully saturated rings. The highest BCUT2D eigenvalue weighted by Crippen LogP contribution is 2.17. The lowest BCUT2D eigenvalue weighted by Crippen LogP contribution is -2.36. The topological polar surface area (TPSA) is 93.5 Å². The second kappa shape index (κ2) is 7.74. The quantitative estimate of drug-likeness (QED) is 0.479. The van der Waals surface area contributed by atoms with Crippen molar-refractivity contribution in [3.05, 3.63) is 39.9 Å². The summed E-state index contributed by atoms with van der Waals surface area (Å²) in [7, 11) is 0. The molecule has 0 bridgehead atoms. The summed E-state index contributed by atoms with van der Waals surface area (Å²) in [6.45, 7) is 8.38. The minimum absolute atomic E-state index is 0.0289. The van der Waals surface area contributed by atoms with Crippen molar-refractivity contribution in [1.82, 2.24) is 10.6 Å². The van der Waals surface area contributed by atoms with E-state index in [0.29, 0.717) is 13.1 Å². The maximum Gasteiger partial charge on any atom is 0.407 e. The summed E-state index contributed by atoms with van der Waals surface area (Å²) in [5.74, 6) is 0. The predicted octanol–water partition coefficient (Wildman–Crippen LogP) is 2.77. The Morgan fingerprint density at radius 1 is 1.27 bits per heavy atom. The molecule has 1 aromatic carbocycles. The summed E-state index contributed by atoms with van der Waals surface area (Å²) in [4.78, 5) is 21.6. The Kier molecular flexibility index (Phi) is 6.30. The molecule has 0 saturated heterocycles. The number of benzene rings is 1. The molecule has 0 aliphatic rings. The highest BCUT2D eigenvalue weighted by molar-refractivity contribution is 5.67. The normalized spacial score (nSPS) is 12.5. The molecule has 0 heterocycles. The molecule has 1 unspecified atom stereocenters. The van der Waals surface area contributed by atoms with Gasteiger partial charge in [0.05, 0.1) is 4.92 Å². The van der Waals surface area contributed by atoms with E-state index < -0.39 is 16.6 Å². The zero-order valence-corrected chi connectivity index (χ0v) is 13.4. The maximum atomic E-state index is 11.4. The number of nitrogens with one attached hydrogen (secondary N) is 2. The Morgan fingerprint density at radius 2 is 1.86 bits per heavy atom. The van der Waals surface area contributed by atoms with Crippen LogP contribution in [0.3, 0.4) is 0 Å². The molecule has 0 aliphatic carbocycles. The van der Waals surface area contributed by atoms with E-state index in [4.69, 9.17) is 4.74 Å². The predicted molar refractivity (Wildman–Crippen MR) is 83.8 cm³/mol. The molecular weight excluding hydrogens is 286 g/mol. The fourth-order valence-electron chi connectivity index (χ4n) is 1.77. The summed E-state index contributed by atoms with van der Waals surface area (Å²) in [6, 6.07) is 6.42. The number of amides is 1. The number of carbonyl (C=O) groups is 1. The highest BCUT2D eigenvalue weighted by atomic mass is 16.6. The zero-order chi connectivity index (χ0) is 16.8. The van der Waals surface area contributed by atoms with Crippen molar-refractivity contribution in [3.8, 4) is 0 Å². The van der Waals surface area contributed by atoms with E-state index in [1.807, 2.05) is 27.7 Å². The van der Waals surface area contributed by atoms with Crippen LogP contribution in [0.1, 0.15) is 39.3 Å². The number of hydrogen-bond acceptors (Lipinski definition) is 5. The summed E-state index contributed by atoms with van der Waals surface area (Å²) in [6.07, 6.45) is -0.447. The SMILES string of the molecule is CC(NCCNC(=O)OC(C)(C)C)c1ccc([N+](=O)[O-])cc1. The Hall–Kier alpha value is -2.15. The molecule has 0 aromatic heterocycles. The molecule has 2 N–H and O–H groups in total. The van der Waals surface area contributed by atoms with Crippen LogP contribution in [-0.2, 0) is 4.74 Å². The molecular formula is C15H23N3O4. The average molecular weight is 309 g/mol. The molecule has 1 atom stereocenters. The lowest BCUT2D eigenvalue weighted by molar-refractivity contribution is -0.384. The van der Waals surface area contributed by atoms with Crippen LogP contribution in [0.25, 0.3) is 0 Å². The Morgan fingerprint density at radius 3 is 2.36 bits per heavy atom. The van der Waals surface area contributed by atoms with E-state index in [-0.39, 0.29) is 11.7 Å². The molecule has 7 heteroatoms. The Bertz CT molecular complexity index is 509. The third-order valence-electron chi connectivity index (χ3n) is 2.85. The van der Waals surface area contributed by atoms with Gasteiger partial charge in [-0.25, -0.2) is 4.79 Å². The van der Waals surface area contributed by atoms with Crippen molar-refractivity contribution in [2.24, 2.45) is 0 Å². The van der Waals surface area contributed by atoms with Crippen molar-refractivity contribution in [1.29, 1.82) is 0 Å². The molecule has 0 saturated carbocycles. The number of hydrogen-bond donors (Lipinski definition) is 2. The molecule has 7 nitrogen and oxygen atoms in total. The van der Waals surface area contributed by atoms with Gasteiger partial charge in [-0.1, -0.05) is 12.1 Å². The van der Waals surface area contributed by atoms with Crippen LogP contribution in [0.5, 0.6) is 0 Å². The number of alkyl carbamates (subject to hydrolysis) is 1. The van der Waals surface area contributed by atoms with Gasteiger partial charge in [0.15, 0.2) is 0 Å². The molecule has 1 rings (SSSR count). The number of nitrogens with zero attached hydrogens (tertiary/aromatic N) is 1. The summed E-state index contributed by atoms with van der Waals surface area (Å²) < 4.78 is 5.12. The number of rotatable bonds is 6. The highest BCUT2D eigenvalue weighted by Gasteiger charge is 2.15.